The lowest BCUT2D eigenvalue weighted by molar-refractivity contribution is -0.131. The minimum Gasteiger partial charge on any atom is -0.353 e. The second-order valence-corrected chi connectivity index (χ2v) is 6.15. The summed E-state index contributed by atoms with van der Waals surface area (Å²) >= 11 is 6.10. The zero-order valence-electron chi connectivity index (χ0n) is 13.0. The minimum atomic E-state index is 0.103. The Morgan fingerprint density at radius 3 is 2.59 bits per heavy atom. The van der Waals surface area contributed by atoms with Gasteiger partial charge in [-0.1, -0.05) is 36.7 Å². The van der Waals surface area contributed by atoms with Crippen molar-refractivity contribution in [2.75, 3.05) is 13.1 Å². The molecular weight excluding hydrogens is 300 g/mol. The van der Waals surface area contributed by atoms with Crippen LogP contribution in [-0.2, 0) is 16.0 Å². The van der Waals surface area contributed by atoms with Crippen LogP contribution in [0.25, 0.3) is 0 Å². The fraction of sp³-hybridized carbons (Fsp3) is 0.529. The van der Waals surface area contributed by atoms with E-state index in [0.29, 0.717) is 31.0 Å². The van der Waals surface area contributed by atoms with Crippen LogP contribution in [0.1, 0.15) is 38.2 Å². The molecule has 1 aromatic carbocycles. The van der Waals surface area contributed by atoms with Crippen LogP contribution >= 0.6 is 11.6 Å². The summed E-state index contributed by atoms with van der Waals surface area (Å²) in [7, 11) is 0. The molecule has 0 aromatic heterocycles. The van der Waals surface area contributed by atoms with Crippen LogP contribution in [0.4, 0.5) is 0 Å². The van der Waals surface area contributed by atoms with Gasteiger partial charge in [0.2, 0.25) is 11.8 Å². The maximum absolute atomic E-state index is 12.3. The van der Waals surface area contributed by atoms with E-state index in [4.69, 9.17) is 11.6 Å². The highest BCUT2D eigenvalue weighted by Crippen LogP contribution is 2.18. The van der Waals surface area contributed by atoms with E-state index in [1.54, 1.807) is 6.07 Å². The lowest BCUT2D eigenvalue weighted by Crippen LogP contribution is -2.46. The van der Waals surface area contributed by atoms with Crippen LogP contribution in [0.2, 0.25) is 5.02 Å². The molecule has 0 aliphatic carbocycles. The zero-order valence-corrected chi connectivity index (χ0v) is 13.7. The van der Waals surface area contributed by atoms with Crippen molar-refractivity contribution < 1.29 is 9.59 Å². The number of hydrogen-bond donors (Lipinski definition) is 1. The molecule has 2 amide bonds. The standard InChI is InChI=1S/C17H23ClN2O2/c1-2-5-16(21)19-14-8-10-20(11-9-14)17(22)12-13-6-3-4-7-15(13)18/h3-4,6-7,14H,2,5,8-12H2,1H3,(H,19,21). The predicted octanol–water partition coefficient (Wildman–Crippen LogP) is 2.79. The summed E-state index contributed by atoms with van der Waals surface area (Å²) in [6.07, 6.45) is 3.42. The highest BCUT2D eigenvalue weighted by Gasteiger charge is 2.23. The molecule has 1 heterocycles. The average molecular weight is 323 g/mol. The summed E-state index contributed by atoms with van der Waals surface area (Å²) in [6, 6.07) is 7.64. The summed E-state index contributed by atoms with van der Waals surface area (Å²) in [5.74, 6) is 0.217. The first kappa shape index (κ1) is 16.8. The summed E-state index contributed by atoms with van der Waals surface area (Å²) < 4.78 is 0. The molecule has 5 heteroatoms. The molecule has 0 saturated carbocycles. The van der Waals surface area contributed by atoms with E-state index in [9.17, 15) is 9.59 Å². The van der Waals surface area contributed by atoms with Crippen molar-refractivity contribution in [3.63, 3.8) is 0 Å². The van der Waals surface area contributed by atoms with E-state index >= 15 is 0 Å². The molecule has 22 heavy (non-hydrogen) atoms. The maximum Gasteiger partial charge on any atom is 0.227 e. The number of carbonyl (C=O) groups excluding carboxylic acids is 2. The lowest BCUT2D eigenvalue weighted by Gasteiger charge is -2.32. The highest BCUT2D eigenvalue weighted by molar-refractivity contribution is 6.31. The number of likely N-dealkylation sites (tertiary alicyclic amines) is 1. The van der Waals surface area contributed by atoms with Gasteiger partial charge in [0.15, 0.2) is 0 Å². The van der Waals surface area contributed by atoms with E-state index in [2.05, 4.69) is 5.32 Å². The fourth-order valence-corrected chi connectivity index (χ4v) is 2.92. The Balaban J connectivity index is 1.80. The van der Waals surface area contributed by atoms with E-state index in [0.717, 1.165) is 24.8 Å². The monoisotopic (exact) mass is 322 g/mol. The number of hydrogen-bond acceptors (Lipinski definition) is 2. The smallest absolute Gasteiger partial charge is 0.227 e. The number of amides is 2. The molecule has 1 N–H and O–H groups in total. The lowest BCUT2D eigenvalue weighted by atomic mass is 10.0. The van der Waals surface area contributed by atoms with Crippen molar-refractivity contribution in [3.8, 4) is 0 Å². The van der Waals surface area contributed by atoms with Gasteiger partial charge in [-0.3, -0.25) is 9.59 Å². The number of halogens is 1. The fourth-order valence-electron chi connectivity index (χ4n) is 2.72. The molecule has 2 rings (SSSR count). The third-order valence-electron chi connectivity index (χ3n) is 3.99. The largest absolute Gasteiger partial charge is 0.353 e. The van der Waals surface area contributed by atoms with Gasteiger partial charge in [-0.15, -0.1) is 0 Å². The summed E-state index contributed by atoms with van der Waals surface area (Å²) in [5.41, 5.74) is 0.868. The second kappa shape index (κ2) is 8.18. The number of carbonyl (C=O) groups is 2. The third kappa shape index (κ3) is 4.73. The molecule has 1 aliphatic heterocycles. The number of nitrogens with one attached hydrogen (secondary N) is 1. The summed E-state index contributed by atoms with van der Waals surface area (Å²) in [5, 5.41) is 3.68. The van der Waals surface area contributed by atoms with Crippen LogP contribution in [-0.4, -0.2) is 35.8 Å². The van der Waals surface area contributed by atoms with Gasteiger partial charge in [-0.05, 0) is 30.9 Å². The minimum absolute atomic E-state index is 0.103. The summed E-state index contributed by atoms with van der Waals surface area (Å²) in [4.78, 5) is 25.8. The molecular formula is C17H23ClN2O2. The molecule has 120 valence electrons. The number of benzene rings is 1. The topological polar surface area (TPSA) is 49.4 Å². The van der Waals surface area contributed by atoms with Gasteiger partial charge >= 0.3 is 0 Å². The number of nitrogens with zero attached hydrogens (tertiary/aromatic N) is 1. The molecule has 0 bridgehead atoms. The normalized spacial score (nSPS) is 15.6. The Labute approximate surface area is 136 Å². The third-order valence-corrected chi connectivity index (χ3v) is 4.36. The van der Waals surface area contributed by atoms with Crippen molar-refractivity contribution in [2.45, 2.75) is 45.1 Å². The Kier molecular flexibility index (Phi) is 6.25. The Morgan fingerprint density at radius 1 is 1.27 bits per heavy atom. The Morgan fingerprint density at radius 2 is 1.95 bits per heavy atom. The molecule has 1 aromatic rings. The van der Waals surface area contributed by atoms with Crippen molar-refractivity contribution in [2.24, 2.45) is 0 Å². The van der Waals surface area contributed by atoms with Gasteiger partial charge in [0.1, 0.15) is 0 Å². The molecule has 1 fully saturated rings. The van der Waals surface area contributed by atoms with Crippen molar-refractivity contribution >= 4 is 23.4 Å². The van der Waals surface area contributed by atoms with Gasteiger partial charge < -0.3 is 10.2 Å². The first-order chi connectivity index (χ1) is 10.6. The van der Waals surface area contributed by atoms with Gasteiger partial charge in [0.05, 0.1) is 6.42 Å². The highest BCUT2D eigenvalue weighted by atomic mass is 35.5. The molecule has 1 aliphatic rings. The first-order valence-corrected chi connectivity index (χ1v) is 8.28. The molecule has 1 saturated heterocycles. The van der Waals surface area contributed by atoms with Gasteiger partial charge in [-0.2, -0.15) is 0 Å². The Bertz CT molecular complexity index is 525. The maximum atomic E-state index is 12.3. The Hall–Kier alpha value is -1.55. The van der Waals surface area contributed by atoms with Crippen LogP contribution in [0, 0.1) is 0 Å². The summed E-state index contributed by atoms with van der Waals surface area (Å²) in [6.45, 7) is 3.39. The predicted molar refractivity (Wildman–Crippen MR) is 87.8 cm³/mol. The van der Waals surface area contributed by atoms with E-state index < -0.39 is 0 Å². The SMILES string of the molecule is CCCC(=O)NC1CCN(C(=O)Cc2ccccc2Cl)CC1. The van der Waals surface area contributed by atoms with Crippen LogP contribution in [0.3, 0.4) is 0 Å². The number of piperidine rings is 1. The van der Waals surface area contributed by atoms with Crippen LogP contribution in [0.5, 0.6) is 0 Å². The van der Waals surface area contributed by atoms with E-state index in [-0.39, 0.29) is 17.9 Å². The van der Waals surface area contributed by atoms with Gasteiger partial charge in [0.25, 0.3) is 0 Å². The first-order valence-electron chi connectivity index (χ1n) is 7.90. The molecule has 4 nitrogen and oxygen atoms in total. The van der Waals surface area contributed by atoms with Gasteiger partial charge in [0, 0.05) is 30.6 Å². The van der Waals surface area contributed by atoms with Crippen LogP contribution < -0.4 is 5.32 Å². The average Bonchev–Trinajstić information content (AvgIpc) is 2.50. The van der Waals surface area contributed by atoms with Crippen molar-refractivity contribution in [1.29, 1.82) is 0 Å². The zero-order chi connectivity index (χ0) is 15.9. The van der Waals surface area contributed by atoms with Crippen molar-refractivity contribution in [3.05, 3.63) is 34.9 Å². The molecule has 0 spiro atoms. The second-order valence-electron chi connectivity index (χ2n) is 5.74. The molecule has 0 atom stereocenters. The molecule has 0 radical (unpaired) electrons. The van der Waals surface area contributed by atoms with E-state index in [1.807, 2.05) is 30.0 Å². The van der Waals surface area contributed by atoms with Crippen molar-refractivity contribution in [1.82, 2.24) is 10.2 Å². The number of rotatable bonds is 5. The van der Waals surface area contributed by atoms with E-state index in [1.165, 1.54) is 0 Å². The van der Waals surface area contributed by atoms with Gasteiger partial charge in [-0.25, -0.2) is 0 Å². The molecule has 0 unspecified atom stereocenters. The quantitative estimate of drug-likeness (QED) is 0.906. The van der Waals surface area contributed by atoms with Crippen LogP contribution in [0.15, 0.2) is 24.3 Å².